The van der Waals surface area contributed by atoms with Crippen LogP contribution in [0.2, 0.25) is 0 Å². The Bertz CT molecular complexity index is 3590. The first kappa shape index (κ1) is 120. The van der Waals surface area contributed by atoms with E-state index in [9.17, 15) is 9.59 Å². The summed E-state index contributed by atoms with van der Waals surface area (Å²) in [5.74, 6) is 3.10. The van der Waals surface area contributed by atoms with Crippen LogP contribution < -0.4 is 90.4 Å². The Kier molecular flexibility index (Phi) is 62.8. The van der Waals surface area contributed by atoms with Crippen LogP contribution in [0.25, 0.3) is 0 Å². The summed E-state index contributed by atoms with van der Waals surface area (Å²) in [6.45, 7) is 16.4. The van der Waals surface area contributed by atoms with Crippen LogP contribution in [-0.4, -0.2) is 237 Å². The fourth-order valence-electron chi connectivity index (χ4n) is 22.1. The van der Waals surface area contributed by atoms with E-state index >= 15 is 0 Å². The number of hydrogen-bond acceptors (Lipinski definition) is 29. The number of esters is 1. The van der Waals surface area contributed by atoms with Crippen molar-refractivity contribution in [1.82, 2.24) is 110 Å². The van der Waals surface area contributed by atoms with E-state index in [2.05, 4.69) is 139 Å². The van der Waals surface area contributed by atoms with Crippen molar-refractivity contribution in [2.75, 3.05) is 108 Å². The number of amides is 1. The van der Waals surface area contributed by atoms with E-state index in [4.69, 9.17) is 115 Å². The van der Waals surface area contributed by atoms with Gasteiger partial charge in [0, 0.05) is 251 Å². The van der Waals surface area contributed by atoms with Crippen molar-refractivity contribution < 1.29 is 76.3 Å². The third-order valence-electron chi connectivity index (χ3n) is 28.9. The molecule has 16 rings (SSSR count). The van der Waals surface area contributed by atoms with E-state index in [1.54, 1.807) is 23.5 Å². The van der Waals surface area contributed by atoms with Crippen LogP contribution in [0, 0.1) is 0 Å². The van der Waals surface area contributed by atoms with Crippen LogP contribution in [0.5, 0.6) is 0 Å². The topological polar surface area (TPSA) is 318 Å². The largest absolute Gasteiger partial charge is 0.380 e. The first-order valence-electron chi connectivity index (χ1n) is 51.8. The molecule has 26 nitrogen and oxygen atoms in total. The molecule has 1 amide bonds. The molecule has 8 aliphatic carbocycles. The van der Waals surface area contributed by atoms with Gasteiger partial charge in [0.15, 0.2) is 0 Å². The second kappa shape index (κ2) is 72.9. The van der Waals surface area contributed by atoms with Gasteiger partial charge in [0.1, 0.15) is 13.2 Å². The number of nitrogens with zero attached hydrogens (tertiary/aromatic N) is 4. The van der Waals surface area contributed by atoms with Crippen molar-refractivity contribution in [3.8, 4) is 0 Å². The predicted molar refractivity (Wildman–Crippen MR) is 564 cm³/mol. The molecule has 0 radical (unpaired) electrons. The zero-order valence-corrected chi connectivity index (χ0v) is 95.1. The molecule has 8 heterocycles. The van der Waals surface area contributed by atoms with Crippen molar-refractivity contribution in [3.63, 3.8) is 0 Å². The van der Waals surface area contributed by atoms with Gasteiger partial charge in [-0.1, -0.05) is 103 Å². The number of fused-ring (bicyclic) bond motifs is 16. The second-order valence-electron chi connectivity index (χ2n) is 38.4. The predicted octanol–water partition coefficient (Wildman–Crippen LogP) is 16.3. The average molecular weight is 2330 g/mol. The minimum Gasteiger partial charge on any atom is -0.380 e. The molecule has 0 spiro atoms. The Balaban J connectivity index is 0.000000241. The van der Waals surface area contributed by atoms with Gasteiger partial charge >= 0.3 is 145 Å². The maximum absolute atomic E-state index is 12.6. The zero-order chi connectivity index (χ0) is 97.3. The number of hydrogen-bond donors (Lipinski definition) is 17. The number of carbonyl (C=O) groups is 2. The Hall–Kier alpha value is 0.458. The molecule has 42 heteroatoms. The summed E-state index contributed by atoms with van der Waals surface area (Å²) < 4.78 is 17.1. The molecule has 0 saturated heterocycles. The minimum atomic E-state index is -0.503. The summed E-state index contributed by atoms with van der Waals surface area (Å²) in [4.78, 5) is 50.7. The summed E-state index contributed by atoms with van der Waals surface area (Å²) in [5, 5.41) is 65.1. The zero-order valence-electron chi connectivity index (χ0n) is 81.1. The summed E-state index contributed by atoms with van der Waals surface area (Å²) in [6.07, 6.45) is 40.9. The fourth-order valence-corrected chi connectivity index (χ4v) is 25.7. The number of carbonyl (C=O) groups excluding carboxylic acids is 2. The molecule has 16 atom stereocenters. The first-order chi connectivity index (χ1) is 68.4. The first-order valence-corrected chi connectivity index (χ1v) is 68.7. The SMILES string of the molecule is O=C(CCCSc1cc2nc(c1)CN[C@@H]1CCCC[C@H]1NCCN[C@@H]1CCCC[C@H]1NC2)OCCOC(=O)NCCSc1cc2nc(c1)CN[C@@H]1CCCC[C@H]1NCCN[C@@H]1CCCC[C@H]1NC2.[Cl][Mn][Cl].[Cl][Mn][Cl].[Cl][Mn][Cl].[Cl][Mn][Cl].c1c(SCCOCCSc2cc3nc(c2)CN[C@@H]2CCCC[C@H]2NCCN[C@@H]2CCCC[C@H]2NC3)cc2nc1CN[C@@H]1CCCC[C@H]1NCCN[C@@H]1CCCC[C@H]1NC2. The monoisotopic (exact) mass is 2330 g/mol. The Morgan fingerprint density at radius 1 is 0.273 bits per heavy atom. The van der Waals surface area contributed by atoms with Gasteiger partial charge < -0.3 is 105 Å². The molecule has 4 aromatic rings. The fraction of sp³-hybridized carbons (Fsp3) is 0.773. The molecule has 17 N–H and O–H groups in total. The number of alkyl carbamates (subject to hydrolysis) is 1. The molecule has 0 unspecified atom stereocenters. The molecule has 139 heavy (non-hydrogen) atoms. The van der Waals surface area contributed by atoms with E-state index in [0.717, 1.165) is 186 Å². The molecule has 8 saturated carbocycles. The van der Waals surface area contributed by atoms with E-state index in [1.807, 2.05) is 23.5 Å². The van der Waals surface area contributed by atoms with Gasteiger partial charge in [-0.15, -0.1) is 47.0 Å². The van der Waals surface area contributed by atoms with Crippen LogP contribution in [0.1, 0.15) is 264 Å². The molecule has 8 bridgehead atoms. The van der Waals surface area contributed by atoms with Gasteiger partial charge in [-0.3, -0.25) is 24.7 Å². The number of thioether (sulfide) groups is 4. The van der Waals surface area contributed by atoms with Crippen LogP contribution in [0.4, 0.5) is 4.79 Å². The van der Waals surface area contributed by atoms with Crippen LogP contribution >= 0.6 is 128 Å². The molecule has 12 aliphatic rings. The summed E-state index contributed by atoms with van der Waals surface area (Å²) in [7, 11) is 38.4. The molecule has 4 aliphatic heterocycles. The average Bonchev–Trinajstić information content (AvgIpc) is 1.57. The Labute approximate surface area is 906 Å². The maximum atomic E-state index is 12.6. The van der Waals surface area contributed by atoms with Crippen molar-refractivity contribution in [2.45, 2.75) is 387 Å². The minimum absolute atomic E-state index is 0.00694. The van der Waals surface area contributed by atoms with Crippen molar-refractivity contribution in [1.29, 1.82) is 0 Å². The summed E-state index contributed by atoms with van der Waals surface area (Å²) >= 11 is 7.34. The van der Waals surface area contributed by atoms with Gasteiger partial charge in [0.25, 0.3) is 0 Å². The third-order valence-corrected chi connectivity index (χ3v) is 32.8. The summed E-state index contributed by atoms with van der Waals surface area (Å²) in [5.41, 5.74) is 8.91. The molecule has 4 aromatic heterocycles. The van der Waals surface area contributed by atoms with Gasteiger partial charge in [0.2, 0.25) is 0 Å². The third kappa shape index (κ3) is 46.5. The van der Waals surface area contributed by atoms with E-state index in [1.165, 1.54) is 220 Å². The second-order valence-corrected chi connectivity index (χ2v) is 50.9. The number of aromatic nitrogens is 4. The summed E-state index contributed by atoms with van der Waals surface area (Å²) in [6, 6.07) is 26.0. The maximum Gasteiger partial charge on any atom is 0.0560 e. The smallest absolute Gasteiger partial charge is 0.0560 e. The number of rotatable bonds is 20. The quantitative estimate of drug-likeness (QED) is 0.0169. The number of ether oxygens (including phenoxy) is 3. The van der Waals surface area contributed by atoms with Crippen LogP contribution in [0.3, 0.4) is 0 Å². The molecular weight excluding hydrogens is 2170 g/mol. The van der Waals surface area contributed by atoms with Gasteiger partial charge in [0.05, 0.1) is 58.8 Å². The van der Waals surface area contributed by atoms with Crippen LogP contribution in [0.15, 0.2) is 68.1 Å². The molecular formula is C97H159Cl8Mn4N21O5S4. The van der Waals surface area contributed by atoms with Gasteiger partial charge in [-0.2, -0.15) is 0 Å². The number of pyridine rings is 4. The van der Waals surface area contributed by atoms with E-state index in [0.29, 0.717) is 122 Å². The van der Waals surface area contributed by atoms with Crippen molar-refractivity contribution in [2.24, 2.45) is 0 Å². The van der Waals surface area contributed by atoms with Crippen LogP contribution in [-0.2, 0) is 124 Å². The Morgan fingerprint density at radius 2 is 0.460 bits per heavy atom. The normalized spacial score (nSPS) is 28.1. The number of nitrogens with one attached hydrogen (secondary N) is 17. The van der Waals surface area contributed by atoms with Gasteiger partial charge in [-0.25, -0.2) is 4.79 Å². The van der Waals surface area contributed by atoms with Crippen molar-refractivity contribution in [3.05, 3.63) is 94.1 Å². The van der Waals surface area contributed by atoms with Gasteiger partial charge in [-0.05, 0) is 163 Å². The molecule has 8 fully saturated rings. The van der Waals surface area contributed by atoms with Crippen molar-refractivity contribution >= 4 is 140 Å². The molecule has 0 aromatic carbocycles. The standard InChI is InChI=1S/C51H83N11O4S2.C46H76N10OS2.8ClH.4Mn/c63-50(18-9-26-67-40-28-36-32-57-46-14-5-1-10-42(46)52-19-20-53-43-11-2-6-15-47(43)58-33-37(29-40)61-36)65-24-25-66-51(64)56-23-27-68-41-30-38-34-59-48-16-7-3-12-44(48)54-21-22-55-45-13-4-8-17-49(45)60-35-39(31-41)62-38;1-5-13-43-39(9-1)47-17-18-48-40-10-2-6-14-44(40)52-30-34-26-37(25-33(55-34)29-51-43)58-23-21-57-22-24-59-38-27-35-31-53-45-15-7-3-11-41(45)49-19-20-50-42-12-4-8-16-46(42)54-32-36(28-38)56-35;;;;;;;;;;;;/h28-31,42-49,52-55,57-60H,1-27,32-35H2,(H,56,64);25-28,39-54H,1-24,29-32H2;8*1H;;;;/q;;;;;;;;;;4*+2/p-8/t42-,43-,44-,45-,46-,47-,48-,49-;39-,40-,41-,42-,43-,44-,45-,46-;;;;;;;;;;;;/m11............/s1. The Morgan fingerprint density at radius 3 is 0.676 bits per heavy atom. The number of halogens is 8. The van der Waals surface area contributed by atoms with E-state index < -0.39 is 6.09 Å². The molecule has 790 valence electrons. The van der Waals surface area contributed by atoms with E-state index in [-0.39, 0.29) is 71.7 Å².